The standard InChI is InChI=1S/2C18H17.C4H6.2ClH.Hf/c2*1-13(2)14-9-11-16(12-10-14)18-8-4-6-15-5-3-7-17(15)18;1-2-4-3-1;;;/h2*3-13H,1-2H3;1-3H2;2*1H;/q2*-1;;;;+2. The van der Waals surface area contributed by atoms with Gasteiger partial charge in [0, 0.05) is 0 Å². The van der Waals surface area contributed by atoms with Crippen molar-refractivity contribution in [1.82, 2.24) is 0 Å². The van der Waals surface area contributed by atoms with E-state index in [2.05, 4.69) is 149 Å². The molecule has 220 valence electrons. The number of hydrogen-bond donors (Lipinski definition) is 0. The Morgan fingerprint density at radius 2 is 0.907 bits per heavy atom. The maximum atomic E-state index is 2.24. The molecule has 1 fully saturated rings. The van der Waals surface area contributed by atoms with Gasteiger partial charge in [-0.05, 0) is 34.1 Å². The van der Waals surface area contributed by atoms with Gasteiger partial charge in [0.05, 0.1) is 0 Å². The van der Waals surface area contributed by atoms with Crippen LogP contribution in [-0.2, 0) is 23.9 Å². The Morgan fingerprint density at radius 1 is 0.535 bits per heavy atom. The summed E-state index contributed by atoms with van der Waals surface area (Å²) in [6.07, 6.45) is 4.41. The van der Waals surface area contributed by atoms with E-state index in [0.717, 1.165) is 0 Å². The summed E-state index contributed by atoms with van der Waals surface area (Å²) in [5.74, 6) is 1.18. The molecule has 7 rings (SSSR count). The topological polar surface area (TPSA) is 0 Å². The Balaban J connectivity index is 0.000000195. The van der Waals surface area contributed by atoms with E-state index in [1.807, 2.05) is 3.26 Å². The van der Waals surface area contributed by atoms with Gasteiger partial charge in [-0.1, -0.05) is 99.5 Å². The summed E-state index contributed by atoms with van der Waals surface area (Å²) in [5.41, 5.74) is 8.05. The molecule has 0 nitrogen and oxygen atoms in total. The average molecular weight is 772 g/mol. The number of benzene rings is 4. The summed E-state index contributed by atoms with van der Waals surface area (Å²) < 4.78 is 1.82. The van der Waals surface area contributed by atoms with Crippen molar-refractivity contribution in [2.45, 2.75) is 58.8 Å². The van der Waals surface area contributed by atoms with Gasteiger partial charge in [0.2, 0.25) is 0 Å². The zero-order valence-electron chi connectivity index (χ0n) is 25.6. The first-order chi connectivity index (χ1) is 19.9. The number of hydrogen-bond acceptors (Lipinski definition) is 0. The van der Waals surface area contributed by atoms with E-state index in [1.54, 1.807) is 0 Å². The van der Waals surface area contributed by atoms with E-state index in [0.29, 0.717) is 11.8 Å². The van der Waals surface area contributed by atoms with Crippen LogP contribution in [0.1, 0.15) is 69.9 Å². The molecule has 0 aromatic heterocycles. The number of halogens is 2. The fourth-order valence-electron chi connectivity index (χ4n) is 5.28. The summed E-state index contributed by atoms with van der Waals surface area (Å²) in [7, 11) is 0. The SMILES string of the molecule is CC(C)c1ccc(-c2cccc3[cH-]ccc23)cc1.CC(C)c1ccc(-c2cccc3[cH-]ccc23)cc1.Cl.Cl.[Hf+2]=[C]1CCC1. The molecule has 6 aromatic carbocycles. The summed E-state index contributed by atoms with van der Waals surface area (Å²) in [5, 5.41) is 5.32. The van der Waals surface area contributed by atoms with E-state index in [-0.39, 0.29) is 24.8 Å². The van der Waals surface area contributed by atoms with Gasteiger partial charge in [-0.2, -0.15) is 24.3 Å². The fraction of sp³-hybridized carbons (Fsp3) is 0.225. The third-order valence-corrected chi connectivity index (χ3v) is 9.89. The molecule has 0 bridgehead atoms. The van der Waals surface area contributed by atoms with E-state index >= 15 is 0 Å². The van der Waals surface area contributed by atoms with Crippen LogP contribution in [0.5, 0.6) is 0 Å². The van der Waals surface area contributed by atoms with Crippen LogP contribution in [0.3, 0.4) is 0 Å². The van der Waals surface area contributed by atoms with E-state index in [9.17, 15) is 0 Å². The van der Waals surface area contributed by atoms with Gasteiger partial charge in [0.25, 0.3) is 0 Å². The van der Waals surface area contributed by atoms with Gasteiger partial charge < -0.3 is 0 Å². The first-order valence-electron chi connectivity index (χ1n) is 15.0. The third kappa shape index (κ3) is 8.75. The van der Waals surface area contributed by atoms with Crippen molar-refractivity contribution in [2.24, 2.45) is 0 Å². The molecule has 0 spiro atoms. The van der Waals surface area contributed by atoms with Gasteiger partial charge in [0.1, 0.15) is 0 Å². The van der Waals surface area contributed by atoms with Crippen molar-refractivity contribution >= 4 is 49.6 Å². The Morgan fingerprint density at radius 3 is 1.21 bits per heavy atom. The summed E-state index contributed by atoms with van der Waals surface area (Å²) in [6, 6.07) is 43.9. The first kappa shape index (κ1) is 34.9. The van der Waals surface area contributed by atoms with Crippen LogP contribution in [-0.4, -0.2) is 3.26 Å². The van der Waals surface area contributed by atoms with Crippen LogP contribution in [0, 0.1) is 0 Å². The number of rotatable bonds is 4. The molecule has 0 saturated heterocycles. The van der Waals surface area contributed by atoms with Crippen molar-refractivity contribution in [3.8, 4) is 22.3 Å². The molecule has 3 heteroatoms. The normalized spacial score (nSPS) is 12.0. The molecule has 0 unspecified atom stereocenters. The van der Waals surface area contributed by atoms with Gasteiger partial charge in [-0.25, -0.2) is 0 Å². The second kappa shape index (κ2) is 16.5. The minimum atomic E-state index is 0. The molecule has 0 atom stereocenters. The first-order valence-corrected chi connectivity index (χ1v) is 16.8. The Hall–Kier alpha value is -2.58. The average Bonchev–Trinajstić information content (AvgIpc) is 3.67. The van der Waals surface area contributed by atoms with Gasteiger partial charge in [-0.3, -0.25) is 0 Å². The molecule has 1 aliphatic rings. The van der Waals surface area contributed by atoms with Crippen LogP contribution in [0.25, 0.3) is 43.8 Å². The maximum absolute atomic E-state index is 2.24. The number of fused-ring (bicyclic) bond motifs is 2. The van der Waals surface area contributed by atoms with Crippen molar-refractivity contribution < 1.29 is 23.9 Å². The molecule has 1 aliphatic carbocycles. The Kier molecular flexibility index (Phi) is 13.4. The Bertz CT molecular complexity index is 1590. The van der Waals surface area contributed by atoms with Crippen molar-refractivity contribution in [3.63, 3.8) is 0 Å². The zero-order chi connectivity index (χ0) is 28.8. The Labute approximate surface area is 285 Å². The second-order valence-corrected chi connectivity index (χ2v) is 14.2. The molecule has 0 radical (unpaired) electrons. The van der Waals surface area contributed by atoms with E-state index in [1.165, 1.54) is 98.1 Å². The molecule has 43 heavy (non-hydrogen) atoms. The van der Waals surface area contributed by atoms with E-state index in [4.69, 9.17) is 0 Å². The van der Waals surface area contributed by atoms with Crippen LogP contribution < -0.4 is 0 Å². The summed E-state index contributed by atoms with van der Waals surface area (Å²) in [4.78, 5) is 0. The van der Waals surface area contributed by atoms with Gasteiger partial charge in [0.15, 0.2) is 0 Å². The van der Waals surface area contributed by atoms with Gasteiger partial charge in [-0.15, -0.1) is 82.8 Å². The van der Waals surface area contributed by atoms with Crippen molar-refractivity contribution in [3.05, 3.63) is 132 Å². The van der Waals surface area contributed by atoms with Gasteiger partial charge >= 0.3 is 46.4 Å². The fourth-order valence-corrected chi connectivity index (χ4v) is 6.55. The van der Waals surface area contributed by atoms with Crippen LogP contribution >= 0.6 is 24.8 Å². The minimum absolute atomic E-state index is 0. The monoisotopic (exact) mass is 772 g/mol. The van der Waals surface area contributed by atoms with Crippen LogP contribution in [0.15, 0.2) is 121 Å². The molecule has 0 N–H and O–H groups in total. The predicted octanol–water partition coefficient (Wildman–Crippen LogP) is 12.4. The molecule has 1 saturated carbocycles. The second-order valence-electron chi connectivity index (χ2n) is 11.7. The third-order valence-electron chi connectivity index (χ3n) is 8.09. The van der Waals surface area contributed by atoms with Crippen LogP contribution in [0.2, 0.25) is 0 Å². The zero-order valence-corrected chi connectivity index (χ0v) is 30.9. The molecule has 6 aromatic rings. The van der Waals surface area contributed by atoms with Crippen molar-refractivity contribution in [1.29, 1.82) is 0 Å². The molecule has 0 amide bonds. The molecular weight excluding hydrogens is 730 g/mol. The van der Waals surface area contributed by atoms with E-state index < -0.39 is 0 Å². The molecule has 0 heterocycles. The van der Waals surface area contributed by atoms with Crippen molar-refractivity contribution in [2.75, 3.05) is 0 Å². The molecule has 0 aliphatic heterocycles. The molecular formula is C40H42Cl2Hf. The summed E-state index contributed by atoms with van der Waals surface area (Å²) >= 11 is 1.37. The van der Waals surface area contributed by atoms with Crippen LogP contribution in [0.4, 0.5) is 0 Å². The summed E-state index contributed by atoms with van der Waals surface area (Å²) in [6.45, 7) is 8.92. The predicted molar refractivity (Wildman–Crippen MR) is 191 cm³/mol. The quantitative estimate of drug-likeness (QED) is 0.124.